The van der Waals surface area contributed by atoms with E-state index in [0.717, 1.165) is 23.2 Å². The standard InChI is InChI=1S/C20H22ClFN4O2/c1-3-23-11-13-9-14-17(10-18(13)28-8-7-27-2)24-12-25-20(14)26-16-6-4-5-15(21)19(16)22/h4-6,9-10,12,23H,3,7-8,11H2,1-2H3,(H,24,25,26). The molecule has 0 atom stereocenters. The zero-order chi connectivity index (χ0) is 19.9. The van der Waals surface area contributed by atoms with Crippen LogP contribution in [-0.4, -0.2) is 36.8 Å². The van der Waals surface area contributed by atoms with E-state index in [2.05, 4.69) is 20.6 Å². The summed E-state index contributed by atoms with van der Waals surface area (Å²) in [5.74, 6) is 0.694. The highest BCUT2D eigenvalue weighted by Crippen LogP contribution is 2.31. The topological polar surface area (TPSA) is 68.3 Å². The Hall–Kier alpha value is -2.48. The first-order valence-corrected chi connectivity index (χ1v) is 9.33. The van der Waals surface area contributed by atoms with Crippen LogP contribution in [0.2, 0.25) is 5.02 Å². The molecule has 6 nitrogen and oxygen atoms in total. The van der Waals surface area contributed by atoms with Crippen molar-refractivity contribution in [2.45, 2.75) is 13.5 Å². The van der Waals surface area contributed by atoms with Crippen molar-refractivity contribution in [3.8, 4) is 5.75 Å². The van der Waals surface area contributed by atoms with Gasteiger partial charge in [-0.1, -0.05) is 24.6 Å². The van der Waals surface area contributed by atoms with Crippen molar-refractivity contribution in [3.05, 3.63) is 53.1 Å². The fourth-order valence-corrected chi connectivity index (χ4v) is 2.90. The van der Waals surface area contributed by atoms with Crippen molar-refractivity contribution >= 4 is 34.0 Å². The van der Waals surface area contributed by atoms with Gasteiger partial charge in [-0.2, -0.15) is 0 Å². The molecule has 0 saturated heterocycles. The monoisotopic (exact) mass is 404 g/mol. The van der Waals surface area contributed by atoms with Crippen LogP contribution in [0.15, 0.2) is 36.7 Å². The molecule has 0 spiro atoms. The number of benzene rings is 2. The Morgan fingerprint density at radius 2 is 2.04 bits per heavy atom. The second-order valence-corrected chi connectivity index (χ2v) is 6.45. The Morgan fingerprint density at radius 1 is 1.18 bits per heavy atom. The lowest BCUT2D eigenvalue weighted by Crippen LogP contribution is -2.14. The van der Waals surface area contributed by atoms with E-state index in [0.29, 0.717) is 31.1 Å². The molecule has 28 heavy (non-hydrogen) atoms. The van der Waals surface area contributed by atoms with E-state index in [-0.39, 0.29) is 10.7 Å². The second kappa shape index (κ2) is 9.64. The van der Waals surface area contributed by atoms with Crippen LogP contribution in [0.4, 0.5) is 15.9 Å². The number of methoxy groups -OCH3 is 1. The number of anilines is 2. The molecular weight excluding hydrogens is 383 g/mol. The molecule has 0 radical (unpaired) electrons. The summed E-state index contributed by atoms with van der Waals surface area (Å²) in [5.41, 5.74) is 1.89. The molecule has 0 amide bonds. The van der Waals surface area contributed by atoms with Gasteiger partial charge in [0.2, 0.25) is 0 Å². The number of hydrogen-bond acceptors (Lipinski definition) is 6. The van der Waals surface area contributed by atoms with E-state index in [1.807, 2.05) is 19.1 Å². The molecule has 0 aliphatic rings. The van der Waals surface area contributed by atoms with Crippen molar-refractivity contribution in [2.24, 2.45) is 0 Å². The van der Waals surface area contributed by atoms with Crippen molar-refractivity contribution in [1.82, 2.24) is 15.3 Å². The summed E-state index contributed by atoms with van der Waals surface area (Å²) in [6, 6.07) is 8.59. The van der Waals surface area contributed by atoms with Crippen LogP contribution in [0.25, 0.3) is 10.9 Å². The number of nitrogens with zero attached hydrogens (tertiary/aromatic N) is 2. The van der Waals surface area contributed by atoms with Gasteiger partial charge in [0.1, 0.15) is 24.5 Å². The lowest BCUT2D eigenvalue weighted by Gasteiger charge is -2.15. The predicted molar refractivity (Wildman–Crippen MR) is 109 cm³/mol. The maximum atomic E-state index is 14.3. The van der Waals surface area contributed by atoms with Crippen molar-refractivity contribution in [2.75, 3.05) is 32.2 Å². The normalized spacial score (nSPS) is 11.0. The highest BCUT2D eigenvalue weighted by Gasteiger charge is 2.13. The molecule has 148 valence electrons. The summed E-state index contributed by atoms with van der Waals surface area (Å²) in [4.78, 5) is 8.62. The third kappa shape index (κ3) is 4.67. The number of ether oxygens (including phenoxy) is 2. The first-order valence-electron chi connectivity index (χ1n) is 8.95. The van der Waals surface area contributed by atoms with Gasteiger partial charge < -0.3 is 20.1 Å². The van der Waals surface area contributed by atoms with E-state index in [4.69, 9.17) is 21.1 Å². The van der Waals surface area contributed by atoms with E-state index < -0.39 is 5.82 Å². The lowest BCUT2D eigenvalue weighted by molar-refractivity contribution is 0.146. The lowest BCUT2D eigenvalue weighted by atomic mass is 10.1. The maximum absolute atomic E-state index is 14.3. The van der Waals surface area contributed by atoms with Gasteiger partial charge in [-0.3, -0.25) is 0 Å². The zero-order valence-electron chi connectivity index (χ0n) is 15.8. The van der Waals surface area contributed by atoms with E-state index >= 15 is 0 Å². The Kier molecular flexibility index (Phi) is 6.97. The van der Waals surface area contributed by atoms with Crippen molar-refractivity contribution in [1.29, 1.82) is 0 Å². The molecule has 0 unspecified atom stereocenters. The molecule has 0 bridgehead atoms. The Balaban J connectivity index is 2.00. The van der Waals surface area contributed by atoms with Gasteiger partial charge in [-0.05, 0) is 24.7 Å². The number of nitrogens with one attached hydrogen (secondary N) is 2. The zero-order valence-corrected chi connectivity index (χ0v) is 16.5. The Bertz CT molecular complexity index is 955. The summed E-state index contributed by atoms with van der Waals surface area (Å²) in [6.07, 6.45) is 1.43. The number of halogens is 2. The molecular formula is C20H22ClFN4O2. The van der Waals surface area contributed by atoms with Crippen LogP contribution in [0.1, 0.15) is 12.5 Å². The summed E-state index contributed by atoms with van der Waals surface area (Å²) >= 11 is 5.88. The van der Waals surface area contributed by atoms with Crippen LogP contribution < -0.4 is 15.4 Å². The number of aromatic nitrogens is 2. The molecule has 1 aromatic heterocycles. The molecule has 3 aromatic rings. The van der Waals surface area contributed by atoms with Gasteiger partial charge in [0.25, 0.3) is 0 Å². The first kappa shape index (κ1) is 20.3. The van der Waals surface area contributed by atoms with E-state index in [1.54, 1.807) is 19.2 Å². The van der Waals surface area contributed by atoms with Crippen LogP contribution >= 0.6 is 11.6 Å². The minimum absolute atomic E-state index is 0.0463. The Labute approximate surface area is 168 Å². The fourth-order valence-electron chi connectivity index (χ4n) is 2.72. The summed E-state index contributed by atoms with van der Waals surface area (Å²) in [7, 11) is 1.63. The average Bonchev–Trinajstić information content (AvgIpc) is 2.70. The van der Waals surface area contributed by atoms with Gasteiger partial charge in [-0.25, -0.2) is 14.4 Å². The number of hydrogen-bond donors (Lipinski definition) is 2. The minimum atomic E-state index is -0.525. The molecule has 3 rings (SSSR count). The highest BCUT2D eigenvalue weighted by molar-refractivity contribution is 6.31. The van der Waals surface area contributed by atoms with Gasteiger partial charge in [-0.15, -0.1) is 0 Å². The van der Waals surface area contributed by atoms with E-state index in [9.17, 15) is 4.39 Å². The summed E-state index contributed by atoms with van der Waals surface area (Å²) < 4.78 is 25.2. The summed E-state index contributed by atoms with van der Waals surface area (Å²) in [5, 5.41) is 7.12. The Morgan fingerprint density at radius 3 is 2.82 bits per heavy atom. The molecule has 8 heteroatoms. The van der Waals surface area contributed by atoms with Crippen LogP contribution in [0.3, 0.4) is 0 Å². The quantitative estimate of drug-likeness (QED) is 0.518. The molecule has 0 fully saturated rings. The number of rotatable bonds is 9. The van der Waals surface area contributed by atoms with Gasteiger partial charge >= 0.3 is 0 Å². The van der Waals surface area contributed by atoms with Gasteiger partial charge in [0.05, 0.1) is 22.8 Å². The van der Waals surface area contributed by atoms with E-state index in [1.165, 1.54) is 12.4 Å². The van der Waals surface area contributed by atoms with Crippen LogP contribution in [-0.2, 0) is 11.3 Å². The van der Waals surface area contributed by atoms with Crippen molar-refractivity contribution < 1.29 is 13.9 Å². The fraction of sp³-hybridized carbons (Fsp3) is 0.300. The molecule has 0 saturated carbocycles. The molecule has 0 aliphatic carbocycles. The molecule has 1 heterocycles. The van der Waals surface area contributed by atoms with Crippen LogP contribution in [0, 0.1) is 5.82 Å². The predicted octanol–water partition coefficient (Wildman–Crippen LogP) is 4.30. The second-order valence-electron chi connectivity index (χ2n) is 6.05. The van der Waals surface area contributed by atoms with Gasteiger partial charge in [0, 0.05) is 30.7 Å². The first-order chi connectivity index (χ1) is 13.6. The van der Waals surface area contributed by atoms with Gasteiger partial charge in [0.15, 0.2) is 5.82 Å². The maximum Gasteiger partial charge on any atom is 0.165 e. The summed E-state index contributed by atoms with van der Waals surface area (Å²) in [6.45, 7) is 4.40. The third-order valence-electron chi connectivity index (χ3n) is 4.13. The van der Waals surface area contributed by atoms with Crippen LogP contribution in [0.5, 0.6) is 5.75 Å². The highest BCUT2D eigenvalue weighted by atomic mass is 35.5. The molecule has 2 N–H and O–H groups in total. The smallest absolute Gasteiger partial charge is 0.165 e. The molecule has 2 aromatic carbocycles. The average molecular weight is 405 g/mol. The molecule has 0 aliphatic heterocycles. The van der Waals surface area contributed by atoms with Crippen molar-refractivity contribution in [3.63, 3.8) is 0 Å². The minimum Gasteiger partial charge on any atom is -0.491 e. The number of fused-ring (bicyclic) bond motifs is 1. The largest absolute Gasteiger partial charge is 0.491 e. The SMILES string of the molecule is CCNCc1cc2c(Nc3cccc(Cl)c3F)ncnc2cc1OCCOC. The third-order valence-corrected chi connectivity index (χ3v) is 4.42.